The second-order valence-corrected chi connectivity index (χ2v) is 8.35. The van der Waals surface area contributed by atoms with Gasteiger partial charge in [-0.1, -0.05) is 36.4 Å². The van der Waals surface area contributed by atoms with Gasteiger partial charge in [0.25, 0.3) is 5.91 Å². The van der Waals surface area contributed by atoms with Crippen LogP contribution in [-0.2, 0) is 4.79 Å². The molecule has 0 aliphatic carbocycles. The Bertz CT molecular complexity index is 1300. The molecule has 1 fully saturated rings. The summed E-state index contributed by atoms with van der Waals surface area (Å²) in [7, 11) is 0. The van der Waals surface area contributed by atoms with Gasteiger partial charge in [0.15, 0.2) is 6.61 Å². The van der Waals surface area contributed by atoms with Gasteiger partial charge in [-0.05, 0) is 42.6 Å². The number of hydrogen-bond donors (Lipinski definition) is 0. The molecule has 7 heteroatoms. The van der Waals surface area contributed by atoms with Gasteiger partial charge >= 0.3 is 0 Å². The summed E-state index contributed by atoms with van der Waals surface area (Å²) in [4.78, 5) is 25.8. The molecule has 1 aromatic heterocycles. The Morgan fingerprint density at radius 1 is 0.886 bits per heavy atom. The van der Waals surface area contributed by atoms with Crippen LogP contribution in [0.1, 0.15) is 6.92 Å². The van der Waals surface area contributed by atoms with Crippen molar-refractivity contribution in [3.63, 3.8) is 0 Å². The van der Waals surface area contributed by atoms with E-state index >= 15 is 0 Å². The number of nitrogens with zero attached hydrogens (tertiary/aromatic N) is 4. The third kappa shape index (κ3) is 5.19. The van der Waals surface area contributed by atoms with Crippen LogP contribution in [0.4, 0.5) is 5.82 Å². The highest BCUT2D eigenvalue weighted by atomic mass is 16.5. The number of piperazine rings is 1. The topological polar surface area (TPSA) is 67.8 Å². The maximum atomic E-state index is 12.8. The smallest absolute Gasteiger partial charge is 0.260 e. The lowest BCUT2D eigenvalue weighted by Crippen LogP contribution is -2.50. The fraction of sp³-hybridized carbons (Fsp3) is 0.250. The number of fused-ring (bicyclic) bond motifs is 1. The molecule has 5 rings (SSSR count). The normalized spacial score (nSPS) is 13.6. The molecule has 2 heterocycles. The van der Waals surface area contributed by atoms with E-state index in [1.165, 1.54) is 0 Å². The molecule has 0 bridgehead atoms. The lowest BCUT2D eigenvalue weighted by Gasteiger charge is -2.35. The van der Waals surface area contributed by atoms with Crippen LogP contribution < -0.4 is 14.4 Å². The van der Waals surface area contributed by atoms with Gasteiger partial charge in [0.1, 0.15) is 23.6 Å². The van der Waals surface area contributed by atoms with Crippen LogP contribution >= 0.6 is 0 Å². The molecule has 178 valence electrons. The molecule has 3 aromatic carbocycles. The molecule has 0 saturated carbocycles. The predicted molar refractivity (Wildman–Crippen MR) is 137 cm³/mol. The summed E-state index contributed by atoms with van der Waals surface area (Å²) < 4.78 is 11.4. The minimum atomic E-state index is -0.00431. The van der Waals surface area contributed by atoms with Crippen molar-refractivity contribution in [1.29, 1.82) is 0 Å². The molecule has 1 aliphatic rings. The van der Waals surface area contributed by atoms with Gasteiger partial charge in [-0.25, -0.2) is 9.97 Å². The second-order valence-electron chi connectivity index (χ2n) is 8.35. The number of benzene rings is 3. The first kappa shape index (κ1) is 22.7. The summed E-state index contributed by atoms with van der Waals surface area (Å²) in [5, 5.41) is 2.11. The van der Waals surface area contributed by atoms with E-state index in [9.17, 15) is 4.79 Å². The Balaban J connectivity index is 1.18. The molecular formula is C28H28N4O3. The molecule has 35 heavy (non-hydrogen) atoms. The number of amides is 1. The standard InChI is InChI=1S/C28H28N4O3/c1-2-34-23-12-10-22(11-13-23)25-18-27(30-20-29-25)31-14-16-32(17-15-31)28(33)19-35-26-9-5-7-21-6-3-4-8-24(21)26/h3-13,18,20H,2,14-17,19H2,1H3. The maximum absolute atomic E-state index is 12.8. The molecule has 1 amide bonds. The lowest BCUT2D eigenvalue weighted by molar-refractivity contribution is -0.133. The molecule has 0 spiro atoms. The number of ether oxygens (including phenoxy) is 2. The number of carbonyl (C=O) groups excluding carboxylic acids is 1. The highest BCUT2D eigenvalue weighted by Crippen LogP contribution is 2.26. The van der Waals surface area contributed by atoms with E-state index in [2.05, 4.69) is 14.9 Å². The SMILES string of the molecule is CCOc1ccc(-c2cc(N3CCN(C(=O)COc4cccc5ccccc45)CC3)ncn2)cc1. The molecular weight excluding hydrogens is 440 g/mol. The van der Waals surface area contributed by atoms with Crippen molar-refractivity contribution in [3.05, 3.63) is 79.1 Å². The minimum absolute atomic E-state index is 0.00431. The van der Waals surface area contributed by atoms with Gasteiger partial charge in [-0.2, -0.15) is 0 Å². The van der Waals surface area contributed by atoms with Gasteiger partial charge in [-0.3, -0.25) is 4.79 Å². The van der Waals surface area contributed by atoms with Crippen LogP contribution in [0, 0.1) is 0 Å². The largest absolute Gasteiger partial charge is 0.494 e. The first-order chi connectivity index (χ1) is 17.2. The van der Waals surface area contributed by atoms with E-state index in [1.807, 2.05) is 84.6 Å². The zero-order valence-electron chi connectivity index (χ0n) is 19.8. The molecule has 0 radical (unpaired) electrons. The third-order valence-electron chi connectivity index (χ3n) is 6.17. The van der Waals surface area contributed by atoms with Crippen LogP contribution in [0.3, 0.4) is 0 Å². The van der Waals surface area contributed by atoms with Crippen LogP contribution in [0.5, 0.6) is 11.5 Å². The fourth-order valence-corrected chi connectivity index (χ4v) is 4.30. The maximum Gasteiger partial charge on any atom is 0.260 e. The van der Waals surface area contributed by atoms with Crippen LogP contribution in [-0.4, -0.2) is 60.2 Å². The summed E-state index contributed by atoms with van der Waals surface area (Å²) in [5.41, 5.74) is 1.87. The van der Waals surface area contributed by atoms with Gasteiger partial charge in [0.2, 0.25) is 0 Å². The predicted octanol–water partition coefficient (Wildman–Crippen LogP) is 4.42. The van der Waals surface area contributed by atoms with Crippen molar-refractivity contribution in [1.82, 2.24) is 14.9 Å². The first-order valence-corrected chi connectivity index (χ1v) is 11.9. The van der Waals surface area contributed by atoms with Gasteiger partial charge in [0.05, 0.1) is 12.3 Å². The highest BCUT2D eigenvalue weighted by molar-refractivity contribution is 5.88. The molecule has 1 saturated heterocycles. The van der Waals surface area contributed by atoms with Crippen molar-refractivity contribution < 1.29 is 14.3 Å². The number of aromatic nitrogens is 2. The van der Waals surface area contributed by atoms with E-state index in [0.717, 1.165) is 39.3 Å². The summed E-state index contributed by atoms with van der Waals surface area (Å²) in [6.45, 7) is 5.31. The molecule has 1 aliphatic heterocycles. The Morgan fingerprint density at radius 3 is 2.46 bits per heavy atom. The average Bonchev–Trinajstić information content (AvgIpc) is 2.92. The number of carbonyl (C=O) groups is 1. The van der Waals surface area contributed by atoms with Crippen molar-refractivity contribution in [3.8, 4) is 22.8 Å². The van der Waals surface area contributed by atoms with Crippen LogP contribution in [0.25, 0.3) is 22.0 Å². The fourth-order valence-electron chi connectivity index (χ4n) is 4.30. The van der Waals surface area contributed by atoms with Crippen molar-refractivity contribution in [2.45, 2.75) is 6.92 Å². The van der Waals surface area contributed by atoms with Crippen LogP contribution in [0.15, 0.2) is 79.1 Å². The van der Waals surface area contributed by atoms with E-state index in [4.69, 9.17) is 9.47 Å². The van der Waals surface area contributed by atoms with E-state index < -0.39 is 0 Å². The third-order valence-corrected chi connectivity index (χ3v) is 6.17. The minimum Gasteiger partial charge on any atom is -0.494 e. The second kappa shape index (κ2) is 10.4. The molecule has 7 nitrogen and oxygen atoms in total. The van der Waals surface area contributed by atoms with Crippen molar-refractivity contribution in [2.75, 3.05) is 44.3 Å². The molecule has 0 N–H and O–H groups in total. The monoisotopic (exact) mass is 468 g/mol. The van der Waals surface area contributed by atoms with Gasteiger partial charge < -0.3 is 19.3 Å². The Kier molecular flexibility index (Phi) is 6.75. The van der Waals surface area contributed by atoms with E-state index in [-0.39, 0.29) is 12.5 Å². The first-order valence-electron chi connectivity index (χ1n) is 11.9. The average molecular weight is 469 g/mol. The number of hydrogen-bond acceptors (Lipinski definition) is 6. The van der Waals surface area contributed by atoms with Crippen molar-refractivity contribution >= 4 is 22.5 Å². The van der Waals surface area contributed by atoms with Gasteiger partial charge in [0, 0.05) is 43.2 Å². The number of rotatable bonds is 7. The Morgan fingerprint density at radius 2 is 1.66 bits per heavy atom. The Labute approximate surface area is 204 Å². The summed E-state index contributed by atoms with van der Waals surface area (Å²) in [6.07, 6.45) is 1.59. The lowest BCUT2D eigenvalue weighted by atomic mass is 10.1. The highest BCUT2D eigenvalue weighted by Gasteiger charge is 2.23. The molecule has 0 atom stereocenters. The zero-order chi connectivity index (χ0) is 24.0. The van der Waals surface area contributed by atoms with E-state index in [0.29, 0.717) is 32.8 Å². The number of anilines is 1. The summed E-state index contributed by atoms with van der Waals surface area (Å²) in [6, 6.07) is 23.8. The van der Waals surface area contributed by atoms with Crippen LogP contribution in [0.2, 0.25) is 0 Å². The summed E-state index contributed by atoms with van der Waals surface area (Å²) >= 11 is 0. The quantitative estimate of drug-likeness (QED) is 0.400. The zero-order valence-corrected chi connectivity index (χ0v) is 19.8. The molecule has 4 aromatic rings. The summed E-state index contributed by atoms with van der Waals surface area (Å²) in [5.74, 6) is 2.44. The van der Waals surface area contributed by atoms with Crippen molar-refractivity contribution in [2.24, 2.45) is 0 Å². The Hall–Kier alpha value is -4.13. The van der Waals surface area contributed by atoms with E-state index in [1.54, 1.807) is 6.33 Å². The molecule has 0 unspecified atom stereocenters. The van der Waals surface area contributed by atoms with Gasteiger partial charge in [-0.15, -0.1) is 0 Å².